The summed E-state index contributed by atoms with van der Waals surface area (Å²) in [5, 5.41) is 7.25. The summed E-state index contributed by atoms with van der Waals surface area (Å²) in [4.78, 5) is 4.04. The molecule has 1 N–H and O–H groups in total. The predicted octanol–water partition coefficient (Wildman–Crippen LogP) is 1.13. The maximum atomic E-state index is 12.5. The Morgan fingerprint density at radius 3 is 3.06 bits per heavy atom. The van der Waals surface area contributed by atoms with Gasteiger partial charge >= 0.3 is 0 Å². The molecule has 2 aromatic heterocycles. The molecule has 96 valence electrons. The standard InChI is InChI=1S/C11H14N4O2S/c1-8-4-3-7-15(8)18(16,17)11-9-5-2-6-12-10(9)13-14-11/h2,5-6,8H,3-4,7H2,1H3,(H,12,13,14). The molecule has 6 nitrogen and oxygen atoms in total. The van der Waals surface area contributed by atoms with E-state index in [2.05, 4.69) is 15.2 Å². The minimum atomic E-state index is -3.50. The SMILES string of the molecule is CC1CCCN1S(=O)(=O)c1[nH]nc2ncccc12. The van der Waals surface area contributed by atoms with E-state index in [4.69, 9.17) is 0 Å². The molecule has 0 saturated carbocycles. The first-order chi connectivity index (χ1) is 8.60. The third-order valence-corrected chi connectivity index (χ3v) is 5.34. The summed E-state index contributed by atoms with van der Waals surface area (Å²) < 4.78 is 26.6. The van der Waals surface area contributed by atoms with Crippen LogP contribution in [0.2, 0.25) is 0 Å². The molecule has 0 bridgehead atoms. The van der Waals surface area contributed by atoms with Crippen molar-refractivity contribution < 1.29 is 8.42 Å². The van der Waals surface area contributed by atoms with Gasteiger partial charge in [0.05, 0.1) is 5.39 Å². The van der Waals surface area contributed by atoms with Crippen molar-refractivity contribution in [3.8, 4) is 0 Å². The van der Waals surface area contributed by atoms with Crippen LogP contribution in [-0.4, -0.2) is 40.5 Å². The maximum absolute atomic E-state index is 12.5. The number of aromatic nitrogens is 3. The minimum absolute atomic E-state index is 0.0463. The molecule has 1 aliphatic rings. The number of rotatable bonds is 2. The average Bonchev–Trinajstić information content (AvgIpc) is 2.95. The summed E-state index contributed by atoms with van der Waals surface area (Å²) in [6.07, 6.45) is 3.41. The highest BCUT2D eigenvalue weighted by molar-refractivity contribution is 7.89. The molecule has 2 aromatic rings. The fraction of sp³-hybridized carbons (Fsp3) is 0.455. The lowest BCUT2D eigenvalue weighted by Crippen LogP contribution is -2.34. The van der Waals surface area contributed by atoms with Crippen molar-refractivity contribution >= 4 is 21.1 Å². The molecule has 1 saturated heterocycles. The lowest BCUT2D eigenvalue weighted by molar-refractivity contribution is 0.407. The number of hydrogen-bond donors (Lipinski definition) is 1. The molecular formula is C11H14N4O2S. The van der Waals surface area contributed by atoms with E-state index in [1.54, 1.807) is 18.3 Å². The summed E-state index contributed by atoms with van der Waals surface area (Å²) in [5.41, 5.74) is 0.433. The summed E-state index contributed by atoms with van der Waals surface area (Å²) in [6.45, 7) is 2.51. The molecule has 1 atom stereocenters. The van der Waals surface area contributed by atoms with Crippen LogP contribution in [0, 0.1) is 0 Å². The van der Waals surface area contributed by atoms with Crippen molar-refractivity contribution in [3.63, 3.8) is 0 Å². The molecule has 1 unspecified atom stereocenters. The molecule has 7 heteroatoms. The minimum Gasteiger partial charge on any atom is -0.263 e. The normalized spacial score (nSPS) is 21.7. The van der Waals surface area contributed by atoms with Crippen molar-refractivity contribution in [3.05, 3.63) is 18.3 Å². The molecule has 0 spiro atoms. The fourth-order valence-corrected chi connectivity index (χ4v) is 4.19. The number of H-pyrrole nitrogens is 1. The first-order valence-electron chi connectivity index (χ1n) is 5.91. The second-order valence-electron chi connectivity index (χ2n) is 4.53. The number of nitrogens with one attached hydrogen (secondary N) is 1. The number of pyridine rings is 1. The fourth-order valence-electron chi connectivity index (χ4n) is 2.41. The lowest BCUT2D eigenvalue weighted by Gasteiger charge is -2.19. The first kappa shape index (κ1) is 11.6. The molecule has 1 aliphatic heterocycles. The van der Waals surface area contributed by atoms with E-state index in [1.807, 2.05) is 6.92 Å². The van der Waals surface area contributed by atoms with E-state index >= 15 is 0 Å². The Labute approximate surface area is 105 Å². The summed E-state index contributed by atoms with van der Waals surface area (Å²) in [6, 6.07) is 3.48. The first-order valence-corrected chi connectivity index (χ1v) is 7.35. The second-order valence-corrected chi connectivity index (χ2v) is 6.36. The van der Waals surface area contributed by atoms with Crippen LogP contribution in [0.25, 0.3) is 11.0 Å². The number of sulfonamides is 1. The van der Waals surface area contributed by atoms with Gasteiger partial charge in [-0.15, -0.1) is 0 Å². The zero-order valence-corrected chi connectivity index (χ0v) is 10.8. The molecule has 0 amide bonds. The summed E-state index contributed by atoms with van der Waals surface area (Å²) >= 11 is 0. The number of hydrogen-bond acceptors (Lipinski definition) is 4. The van der Waals surface area contributed by atoms with Crippen molar-refractivity contribution in [1.29, 1.82) is 0 Å². The molecule has 0 aliphatic carbocycles. The summed E-state index contributed by atoms with van der Waals surface area (Å²) in [7, 11) is -3.50. The van der Waals surface area contributed by atoms with Crippen LogP contribution in [0.4, 0.5) is 0 Å². The summed E-state index contributed by atoms with van der Waals surface area (Å²) in [5.74, 6) is 0. The van der Waals surface area contributed by atoms with E-state index in [1.165, 1.54) is 4.31 Å². The predicted molar refractivity (Wildman–Crippen MR) is 66.5 cm³/mol. The van der Waals surface area contributed by atoms with Crippen LogP contribution in [0.15, 0.2) is 23.4 Å². The van der Waals surface area contributed by atoms with Gasteiger partial charge in [0.2, 0.25) is 0 Å². The highest BCUT2D eigenvalue weighted by Crippen LogP contribution is 2.27. The Kier molecular flexibility index (Phi) is 2.60. The van der Waals surface area contributed by atoms with Gasteiger partial charge in [-0.2, -0.15) is 9.40 Å². The number of fused-ring (bicyclic) bond motifs is 1. The highest BCUT2D eigenvalue weighted by Gasteiger charge is 2.34. The Balaban J connectivity index is 2.14. The van der Waals surface area contributed by atoms with Gasteiger partial charge in [-0.1, -0.05) is 0 Å². The molecule has 18 heavy (non-hydrogen) atoms. The molecule has 0 radical (unpaired) electrons. The Morgan fingerprint density at radius 1 is 1.50 bits per heavy atom. The van der Waals surface area contributed by atoms with Crippen LogP contribution >= 0.6 is 0 Å². The van der Waals surface area contributed by atoms with Crippen LogP contribution in [0.1, 0.15) is 19.8 Å². The second kappa shape index (κ2) is 4.03. The zero-order valence-electron chi connectivity index (χ0n) is 10.00. The van der Waals surface area contributed by atoms with Crippen molar-refractivity contribution in [2.45, 2.75) is 30.8 Å². The average molecular weight is 266 g/mol. The van der Waals surface area contributed by atoms with Gasteiger partial charge in [0.1, 0.15) is 0 Å². The van der Waals surface area contributed by atoms with Crippen LogP contribution in [-0.2, 0) is 10.0 Å². The van der Waals surface area contributed by atoms with E-state index in [-0.39, 0.29) is 11.1 Å². The Bertz CT molecular complexity index is 679. The van der Waals surface area contributed by atoms with Crippen molar-refractivity contribution in [2.24, 2.45) is 0 Å². The van der Waals surface area contributed by atoms with Crippen molar-refractivity contribution in [1.82, 2.24) is 19.5 Å². The van der Waals surface area contributed by atoms with Crippen LogP contribution in [0.3, 0.4) is 0 Å². The largest absolute Gasteiger partial charge is 0.263 e. The molecule has 1 fully saturated rings. The monoisotopic (exact) mass is 266 g/mol. The van der Waals surface area contributed by atoms with Crippen LogP contribution in [0.5, 0.6) is 0 Å². The number of aromatic amines is 1. The number of nitrogens with zero attached hydrogens (tertiary/aromatic N) is 3. The van der Waals surface area contributed by atoms with Gasteiger partial charge in [0, 0.05) is 18.8 Å². The van der Waals surface area contributed by atoms with Gasteiger partial charge in [0.15, 0.2) is 10.7 Å². The van der Waals surface area contributed by atoms with Gasteiger partial charge in [-0.05, 0) is 31.9 Å². The van der Waals surface area contributed by atoms with E-state index in [9.17, 15) is 8.42 Å². The van der Waals surface area contributed by atoms with Gasteiger partial charge in [0.25, 0.3) is 10.0 Å². The zero-order chi connectivity index (χ0) is 12.8. The van der Waals surface area contributed by atoms with E-state index in [0.717, 1.165) is 12.8 Å². The van der Waals surface area contributed by atoms with E-state index in [0.29, 0.717) is 17.6 Å². The topological polar surface area (TPSA) is 79.0 Å². The van der Waals surface area contributed by atoms with E-state index < -0.39 is 10.0 Å². The van der Waals surface area contributed by atoms with Gasteiger partial charge in [-0.3, -0.25) is 5.10 Å². The Hall–Kier alpha value is -1.47. The van der Waals surface area contributed by atoms with Crippen molar-refractivity contribution in [2.75, 3.05) is 6.54 Å². The molecular weight excluding hydrogens is 252 g/mol. The lowest BCUT2D eigenvalue weighted by atomic mass is 10.3. The molecule has 0 aromatic carbocycles. The van der Waals surface area contributed by atoms with Crippen LogP contribution < -0.4 is 0 Å². The third-order valence-electron chi connectivity index (χ3n) is 3.35. The van der Waals surface area contributed by atoms with Gasteiger partial charge in [-0.25, -0.2) is 13.4 Å². The highest BCUT2D eigenvalue weighted by atomic mass is 32.2. The third kappa shape index (κ3) is 1.62. The van der Waals surface area contributed by atoms with Gasteiger partial charge < -0.3 is 0 Å². The Morgan fingerprint density at radius 2 is 2.33 bits per heavy atom. The quantitative estimate of drug-likeness (QED) is 0.883. The smallest absolute Gasteiger partial charge is 0.260 e. The molecule has 3 rings (SSSR count). The maximum Gasteiger partial charge on any atom is 0.260 e. The molecule has 3 heterocycles.